The third-order valence-electron chi connectivity index (χ3n) is 7.73. The van der Waals surface area contributed by atoms with Crippen LogP contribution in [0.3, 0.4) is 0 Å². The summed E-state index contributed by atoms with van der Waals surface area (Å²) >= 11 is 0. The number of aromatic nitrogens is 2. The maximum Gasteiger partial charge on any atom is 0.236 e. The van der Waals surface area contributed by atoms with Crippen molar-refractivity contribution in [1.82, 2.24) is 9.97 Å². The molecule has 2 aromatic rings. The number of nitrogens with zero attached hydrogens (tertiary/aromatic N) is 2. The van der Waals surface area contributed by atoms with Gasteiger partial charge in [0.15, 0.2) is 0 Å². The molecule has 34 heavy (non-hydrogen) atoms. The molecule has 0 saturated heterocycles. The number of unbranched alkanes of at least 4 members (excludes halogenated alkanes) is 8. The summed E-state index contributed by atoms with van der Waals surface area (Å²) in [6, 6.07) is 6.82. The molecule has 3 heteroatoms. The van der Waals surface area contributed by atoms with E-state index in [2.05, 4.69) is 59.7 Å². The highest BCUT2D eigenvalue weighted by Gasteiger charge is 2.29. The summed E-state index contributed by atoms with van der Waals surface area (Å²) in [5.74, 6) is 0.694. The molecule has 1 aromatic heterocycles. The lowest BCUT2D eigenvalue weighted by atomic mass is 9.74. The van der Waals surface area contributed by atoms with E-state index in [9.17, 15) is 0 Å². The van der Waals surface area contributed by atoms with Gasteiger partial charge in [0.25, 0.3) is 0 Å². The van der Waals surface area contributed by atoms with Crippen molar-refractivity contribution in [1.29, 1.82) is 0 Å². The molecule has 0 spiro atoms. The van der Waals surface area contributed by atoms with E-state index >= 15 is 0 Å². The summed E-state index contributed by atoms with van der Waals surface area (Å²) < 4.78 is 5.79. The van der Waals surface area contributed by atoms with Gasteiger partial charge >= 0.3 is 0 Å². The maximum absolute atomic E-state index is 5.79. The van der Waals surface area contributed by atoms with E-state index < -0.39 is 0 Å². The molecule has 1 heterocycles. The first kappa shape index (κ1) is 28.6. The van der Waals surface area contributed by atoms with Crippen molar-refractivity contribution in [2.24, 2.45) is 0 Å². The second-order valence-electron chi connectivity index (χ2n) is 11.3. The summed E-state index contributed by atoms with van der Waals surface area (Å²) in [5.41, 5.74) is 4.51. The SMILES string of the molecule is CCCCCCCC(C)(CCCC)c1ccc2nc(C(C)(C)CCCCCC)c(OC)nc2c1. The van der Waals surface area contributed by atoms with Crippen LogP contribution in [0.4, 0.5) is 0 Å². The van der Waals surface area contributed by atoms with Crippen molar-refractivity contribution in [2.45, 2.75) is 142 Å². The van der Waals surface area contributed by atoms with Gasteiger partial charge in [-0.15, -0.1) is 0 Å². The van der Waals surface area contributed by atoms with Gasteiger partial charge in [0.1, 0.15) is 5.69 Å². The molecule has 0 N–H and O–H groups in total. The Bertz CT molecular complexity index is 860. The van der Waals surface area contributed by atoms with Crippen LogP contribution < -0.4 is 4.74 Å². The van der Waals surface area contributed by atoms with Crippen LogP contribution in [0.2, 0.25) is 0 Å². The smallest absolute Gasteiger partial charge is 0.236 e. The summed E-state index contributed by atoms with van der Waals surface area (Å²) in [6.45, 7) is 13.9. The number of rotatable bonds is 17. The summed E-state index contributed by atoms with van der Waals surface area (Å²) in [7, 11) is 1.73. The molecule has 0 aliphatic carbocycles. The summed E-state index contributed by atoms with van der Waals surface area (Å²) in [5, 5.41) is 0. The largest absolute Gasteiger partial charge is 0.480 e. The highest BCUT2D eigenvalue weighted by Crippen LogP contribution is 2.38. The van der Waals surface area contributed by atoms with E-state index in [4.69, 9.17) is 14.7 Å². The Hall–Kier alpha value is -1.64. The molecule has 2 rings (SSSR count). The van der Waals surface area contributed by atoms with Crippen LogP contribution in [0.1, 0.15) is 143 Å². The number of fused-ring (bicyclic) bond motifs is 1. The third-order valence-corrected chi connectivity index (χ3v) is 7.73. The molecule has 1 aromatic carbocycles. The first-order valence-corrected chi connectivity index (χ1v) is 14.2. The second-order valence-corrected chi connectivity index (χ2v) is 11.3. The molecule has 0 amide bonds. The Balaban J connectivity index is 2.32. The zero-order valence-electron chi connectivity index (χ0n) is 23.4. The van der Waals surface area contributed by atoms with E-state index in [1.54, 1.807) is 7.11 Å². The highest BCUT2D eigenvalue weighted by molar-refractivity contribution is 5.76. The number of methoxy groups -OCH3 is 1. The Labute approximate surface area is 210 Å². The van der Waals surface area contributed by atoms with Gasteiger partial charge in [-0.1, -0.05) is 118 Å². The van der Waals surface area contributed by atoms with E-state index in [1.165, 1.54) is 89.0 Å². The molecule has 192 valence electrons. The van der Waals surface area contributed by atoms with Crippen LogP contribution in [-0.4, -0.2) is 17.1 Å². The van der Waals surface area contributed by atoms with Gasteiger partial charge in [-0.2, -0.15) is 0 Å². The molecule has 1 atom stereocenters. The minimum atomic E-state index is -0.0485. The lowest BCUT2D eigenvalue weighted by Crippen LogP contribution is -2.23. The number of hydrogen-bond donors (Lipinski definition) is 0. The molecule has 0 bridgehead atoms. The van der Waals surface area contributed by atoms with Crippen LogP contribution in [-0.2, 0) is 10.8 Å². The number of hydrogen-bond acceptors (Lipinski definition) is 3. The minimum Gasteiger partial charge on any atom is -0.480 e. The van der Waals surface area contributed by atoms with E-state index in [0.717, 1.165) is 23.1 Å². The Kier molecular flexibility index (Phi) is 11.8. The molecule has 0 fully saturated rings. The second kappa shape index (κ2) is 14.0. The third kappa shape index (κ3) is 7.95. The standard InChI is InChI=1S/C31H52N2O/c1-8-11-14-16-18-23-31(6,22-13-10-3)25-19-20-26-27(24-25)33-29(34-7)28(32-26)30(4,5)21-17-15-12-9-2/h19-20,24H,8-18,21-23H2,1-7H3. The van der Waals surface area contributed by atoms with E-state index in [1.807, 2.05) is 0 Å². The quantitative estimate of drug-likeness (QED) is 0.217. The fourth-order valence-corrected chi connectivity index (χ4v) is 5.21. The van der Waals surface area contributed by atoms with Crippen LogP contribution in [0.25, 0.3) is 11.0 Å². The average molecular weight is 469 g/mol. The van der Waals surface area contributed by atoms with Crippen molar-refractivity contribution in [3.63, 3.8) is 0 Å². The van der Waals surface area contributed by atoms with Crippen molar-refractivity contribution in [2.75, 3.05) is 7.11 Å². The molecule has 1 unspecified atom stereocenters. The average Bonchev–Trinajstić information content (AvgIpc) is 2.84. The lowest BCUT2D eigenvalue weighted by Gasteiger charge is -2.31. The van der Waals surface area contributed by atoms with Crippen molar-refractivity contribution >= 4 is 11.0 Å². The Morgan fingerprint density at radius 3 is 1.91 bits per heavy atom. The Morgan fingerprint density at radius 1 is 0.676 bits per heavy atom. The Morgan fingerprint density at radius 2 is 1.26 bits per heavy atom. The zero-order chi connectivity index (χ0) is 25.0. The molecule has 3 nitrogen and oxygen atoms in total. The summed E-state index contributed by atoms with van der Waals surface area (Å²) in [4.78, 5) is 10.1. The topological polar surface area (TPSA) is 35.0 Å². The van der Waals surface area contributed by atoms with Crippen molar-refractivity contribution < 1.29 is 4.74 Å². The van der Waals surface area contributed by atoms with Gasteiger partial charge in [-0.3, -0.25) is 0 Å². The van der Waals surface area contributed by atoms with Crippen LogP contribution >= 0.6 is 0 Å². The van der Waals surface area contributed by atoms with Crippen LogP contribution in [0, 0.1) is 0 Å². The molecule has 0 aliphatic rings. The first-order chi connectivity index (χ1) is 16.3. The first-order valence-electron chi connectivity index (χ1n) is 14.2. The van der Waals surface area contributed by atoms with Gasteiger partial charge in [0, 0.05) is 5.41 Å². The molecular weight excluding hydrogens is 416 g/mol. The normalized spacial score (nSPS) is 13.9. The maximum atomic E-state index is 5.79. The minimum absolute atomic E-state index is 0.0485. The molecular formula is C31H52N2O. The number of benzene rings is 1. The zero-order valence-corrected chi connectivity index (χ0v) is 23.4. The van der Waals surface area contributed by atoms with Gasteiger partial charge in [0.05, 0.1) is 18.1 Å². The van der Waals surface area contributed by atoms with Crippen molar-refractivity contribution in [3.8, 4) is 5.88 Å². The van der Waals surface area contributed by atoms with Gasteiger partial charge in [-0.25, -0.2) is 9.97 Å². The van der Waals surface area contributed by atoms with Gasteiger partial charge in [0.2, 0.25) is 5.88 Å². The monoisotopic (exact) mass is 468 g/mol. The predicted molar refractivity (Wildman–Crippen MR) is 148 cm³/mol. The van der Waals surface area contributed by atoms with Gasteiger partial charge < -0.3 is 4.74 Å². The number of ether oxygens (including phenoxy) is 1. The van der Waals surface area contributed by atoms with Gasteiger partial charge in [-0.05, 0) is 42.4 Å². The van der Waals surface area contributed by atoms with E-state index in [-0.39, 0.29) is 10.8 Å². The molecule has 0 radical (unpaired) electrons. The lowest BCUT2D eigenvalue weighted by molar-refractivity contribution is 0.359. The fraction of sp³-hybridized carbons (Fsp3) is 0.742. The molecule has 0 saturated carbocycles. The van der Waals surface area contributed by atoms with Crippen LogP contribution in [0.15, 0.2) is 18.2 Å². The van der Waals surface area contributed by atoms with Crippen LogP contribution in [0.5, 0.6) is 5.88 Å². The summed E-state index contributed by atoms with van der Waals surface area (Å²) in [6.07, 6.45) is 17.8. The highest BCUT2D eigenvalue weighted by atomic mass is 16.5. The molecule has 0 aliphatic heterocycles. The van der Waals surface area contributed by atoms with E-state index in [0.29, 0.717) is 5.88 Å². The predicted octanol–water partition coefficient (Wildman–Crippen LogP) is 9.69. The van der Waals surface area contributed by atoms with Crippen molar-refractivity contribution in [3.05, 3.63) is 29.5 Å². The fourth-order valence-electron chi connectivity index (χ4n) is 5.21.